The summed E-state index contributed by atoms with van der Waals surface area (Å²) in [6, 6.07) is 19.2. The Morgan fingerprint density at radius 2 is 1.68 bits per heavy atom. The van der Waals surface area contributed by atoms with Crippen LogP contribution in [0.15, 0.2) is 89.3 Å². The molecule has 1 aliphatic heterocycles. The molecular formula is C32H31N3O6. The molecule has 41 heavy (non-hydrogen) atoms. The van der Waals surface area contributed by atoms with Gasteiger partial charge in [0.1, 0.15) is 0 Å². The second-order valence-electron chi connectivity index (χ2n) is 10.3. The van der Waals surface area contributed by atoms with E-state index in [2.05, 4.69) is 10.6 Å². The van der Waals surface area contributed by atoms with Crippen LogP contribution in [0, 0.1) is 17.0 Å². The molecule has 3 aromatic rings. The molecule has 0 saturated carbocycles. The largest absolute Gasteiger partial charge is 0.493 e. The van der Waals surface area contributed by atoms with Crippen molar-refractivity contribution in [2.24, 2.45) is 0 Å². The van der Waals surface area contributed by atoms with Crippen LogP contribution in [-0.4, -0.2) is 30.8 Å². The predicted molar refractivity (Wildman–Crippen MR) is 155 cm³/mol. The molecule has 0 bridgehead atoms. The van der Waals surface area contributed by atoms with E-state index in [4.69, 9.17) is 9.47 Å². The van der Waals surface area contributed by atoms with Crippen molar-refractivity contribution in [1.82, 2.24) is 5.32 Å². The van der Waals surface area contributed by atoms with E-state index in [1.807, 2.05) is 49.4 Å². The summed E-state index contributed by atoms with van der Waals surface area (Å²) in [7, 11) is 3.14. The van der Waals surface area contributed by atoms with E-state index in [9.17, 15) is 19.7 Å². The number of hydrogen-bond acceptors (Lipinski definition) is 7. The molecular weight excluding hydrogens is 522 g/mol. The molecule has 1 aliphatic carbocycles. The van der Waals surface area contributed by atoms with Gasteiger partial charge < -0.3 is 20.1 Å². The van der Waals surface area contributed by atoms with Gasteiger partial charge >= 0.3 is 0 Å². The van der Waals surface area contributed by atoms with Crippen LogP contribution in [0.2, 0.25) is 0 Å². The van der Waals surface area contributed by atoms with Crippen LogP contribution in [0.4, 0.5) is 11.4 Å². The van der Waals surface area contributed by atoms with Crippen molar-refractivity contribution in [2.75, 3.05) is 19.5 Å². The van der Waals surface area contributed by atoms with Crippen LogP contribution in [-0.2, 0) is 9.59 Å². The highest BCUT2D eigenvalue weighted by Gasteiger charge is 2.41. The van der Waals surface area contributed by atoms with Gasteiger partial charge in [-0.05, 0) is 61.6 Å². The lowest BCUT2D eigenvalue weighted by atomic mass is 9.71. The van der Waals surface area contributed by atoms with Gasteiger partial charge in [-0.15, -0.1) is 0 Å². The number of anilines is 1. The lowest BCUT2D eigenvalue weighted by Gasteiger charge is -2.37. The molecule has 2 atom stereocenters. The fraction of sp³-hybridized carbons (Fsp3) is 0.250. The quantitative estimate of drug-likeness (QED) is 0.275. The average Bonchev–Trinajstić information content (AvgIpc) is 2.97. The third kappa shape index (κ3) is 5.43. The zero-order chi connectivity index (χ0) is 29.3. The lowest BCUT2D eigenvalue weighted by Crippen LogP contribution is -2.37. The lowest BCUT2D eigenvalue weighted by molar-refractivity contribution is -0.384. The topological polar surface area (TPSA) is 120 Å². The van der Waals surface area contributed by atoms with Crippen LogP contribution in [0.1, 0.15) is 48.3 Å². The highest BCUT2D eigenvalue weighted by molar-refractivity contribution is 6.10. The fourth-order valence-corrected chi connectivity index (χ4v) is 5.67. The van der Waals surface area contributed by atoms with Crippen LogP contribution < -0.4 is 20.1 Å². The number of benzene rings is 3. The molecule has 0 radical (unpaired) electrons. The van der Waals surface area contributed by atoms with E-state index in [0.717, 1.165) is 11.1 Å². The minimum Gasteiger partial charge on any atom is -0.493 e. The Morgan fingerprint density at radius 1 is 0.951 bits per heavy atom. The fourth-order valence-electron chi connectivity index (χ4n) is 5.67. The van der Waals surface area contributed by atoms with Crippen molar-refractivity contribution in [3.05, 3.63) is 116 Å². The van der Waals surface area contributed by atoms with Gasteiger partial charge in [-0.1, -0.05) is 35.9 Å². The van der Waals surface area contributed by atoms with Gasteiger partial charge in [0.15, 0.2) is 17.3 Å². The minimum absolute atomic E-state index is 0.106. The first-order chi connectivity index (χ1) is 19.7. The molecule has 1 heterocycles. The zero-order valence-corrected chi connectivity index (χ0v) is 23.3. The second-order valence-corrected chi connectivity index (χ2v) is 10.3. The number of nitro groups is 1. The first-order valence-electron chi connectivity index (χ1n) is 13.3. The van der Waals surface area contributed by atoms with E-state index in [1.54, 1.807) is 33.3 Å². The standard InChI is InChI=1S/C32H31N3O6/c1-18-8-11-23(12-9-18)34-32(37)29-19(2)33-25-15-22(20-10-13-27(40-3)28(17-20)41-4)16-26(36)31(25)30(29)21-6-5-7-24(14-21)35(38)39/h5-14,17,22,30,33H,15-16H2,1-4H3,(H,34,37)/t22-,30-/m1/s1. The maximum atomic E-state index is 13.9. The average molecular weight is 554 g/mol. The number of allylic oxidation sites excluding steroid dienone is 3. The molecule has 0 aromatic heterocycles. The van der Waals surface area contributed by atoms with Crippen LogP contribution in [0.3, 0.4) is 0 Å². The Hall–Kier alpha value is -4.92. The van der Waals surface area contributed by atoms with Crippen molar-refractivity contribution in [3.8, 4) is 11.5 Å². The molecule has 9 nitrogen and oxygen atoms in total. The van der Waals surface area contributed by atoms with Crippen LogP contribution in [0.5, 0.6) is 11.5 Å². The number of Topliss-reactive ketones (excluding diaryl/α,β-unsaturated/α-hetero) is 1. The summed E-state index contributed by atoms with van der Waals surface area (Å²) in [5.74, 6) is -0.220. The molecule has 0 unspecified atom stereocenters. The number of rotatable bonds is 7. The number of carbonyl (C=O) groups excluding carboxylic acids is 2. The number of nitro benzene ring substituents is 1. The summed E-state index contributed by atoms with van der Waals surface area (Å²) in [5, 5.41) is 17.9. The molecule has 3 aromatic carbocycles. The number of nitrogens with one attached hydrogen (secondary N) is 2. The molecule has 0 fully saturated rings. The molecule has 0 saturated heterocycles. The molecule has 2 aliphatic rings. The van der Waals surface area contributed by atoms with E-state index < -0.39 is 10.8 Å². The summed E-state index contributed by atoms with van der Waals surface area (Å²) < 4.78 is 10.8. The summed E-state index contributed by atoms with van der Waals surface area (Å²) in [5.41, 5.74) is 5.11. The normalized spacial score (nSPS) is 18.4. The Morgan fingerprint density at radius 3 is 2.37 bits per heavy atom. The van der Waals surface area contributed by atoms with E-state index in [-0.39, 0.29) is 29.7 Å². The van der Waals surface area contributed by atoms with Gasteiger partial charge in [0, 0.05) is 52.7 Å². The van der Waals surface area contributed by atoms with Crippen molar-refractivity contribution < 1.29 is 24.0 Å². The highest BCUT2D eigenvalue weighted by Crippen LogP contribution is 2.47. The van der Waals surface area contributed by atoms with Crippen LogP contribution >= 0.6 is 0 Å². The monoisotopic (exact) mass is 553 g/mol. The number of ketones is 1. The molecule has 2 N–H and O–H groups in total. The minimum atomic E-state index is -0.768. The Bertz CT molecular complexity index is 1610. The number of amides is 1. The van der Waals surface area contributed by atoms with E-state index in [1.165, 1.54) is 12.1 Å². The summed E-state index contributed by atoms with van der Waals surface area (Å²) in [6.07, 6.45) is 0.736. The molecule has 9 heteroatoms. The maximum absolute atomic E-state index is 13.9. The first-order valence-corrected chi connectivity index (χ1v) is 13.3. The smallest absolute Gasteiger partial charge is 0.269 e. The van der Waals surface area contributed by atoms with Crippen LogP contribution in [0.25, 0.3) is 0 Å². The summed E-state index contributed by atoms with van der Waals surface area (Å²) in [4.78, 5) is 38.8. The van der Waals surface area contributed by atoms with Gasteiger partial charge in [-0.25, -0.2) is 0 Å². The number of methoxy groups -OCH3 is 2. The van der Waals surface area contributed by atoms with Gasteiger partial charge in [-0.2, -0.15) is 0 Å². The van der Waals surface area contributed by atoms with Gasteiger partial charge in [0.2, 0.25) is 0 Å². The van der Waals surface area contributed by atoms with Gasteiger partial charge in [0.25, 0.3) is 11.6 Å². The Kier molecular flexibility index (Phi) is 7.61. The zero-order valence-electron chi connectivity index (χ0n) is 23.3. The Balaban J connectivity index is 1.57. The summed E-state index contributed by atoms with van der Waals surface area (Å²) >= 11 is 0. The number of nitrogens with zero attached hydrogens (tertiary/aromatic N) is 1. The van der Waals surface area contributed by atoms with Gasteiger partial charge in [0.05, 0.1) is 19.1 Å². The van der Waals surface area contributed by atoms with Crippen molar-refractivity contribution >= 4 is 23.1 Å². The molecule has 1 amide bonds. The number of carbonyl (C=O) groups is 2. The van der Waals surface area contributed by atoms with E-state index in [0.29, 0.717) is 51.7 Å². The maximum Gasteiger partial charge on any atom is 0.269 e. The van der Waals surface area contributed by atoms with E-state index >= 15 is 0 Å². The SMILES string of the molecule is COc1ccc([C@H]2CC(=O)C3=C(C2)NC(C)=C(C(=O)Nc2ccc(C)cc2)[C@H]3c2cccc([N+](=O)[O-])c2)cc1OC. The number of ether oxygens (including phenoxy) is 2. The summed E-state index contributed by atoms with van der Waals surface area (Å²) in [6.45, 7) is 3.75. The Labute approximate surface area is 238 Å². The third-order valence-electron chi connectivity index (χ3n) is 7.68. The highest BCUT2D eigenvalue weighted by atomic mass is 16.6. The van der Waals surface area contributed by atoms with Gasteiger partial charge in [-0.3, -0.25) is 19.7 Å². The number of non-ortho nitro benzene ring substituents is 1. The number of hydrogen-bond donors (Lipinski definition) is 2. The predicted octanol–water partition coefficient (Wildman–Crippen LogP) is 5.92. The first kappa shape index (κ1) is 27.6. The molecule has 5 rings (SSSR count). The molecule has 0 spiro atoms. The van der Waals surface area contributed by atoms with Crippen molar-refractivity contribution in [2.45, 2.75) is 38.5 Å². The third-order valence-corrected chi connectivity index (χ3v) is 7.68. The number of aryl methyl sites for hydroxylation is 1. The molecule has 210 valence electrons. The van der Waals surface area contributed by atoms with Crippen molar-refractivity contribution in [3.63, 3.8) is 0 Å². The second kappa shape index (κ2) is 11.3. The number of dihydropyridines is 1. The van der Waals surface area contributed by atoms with Crippen molar-refractivity contribution in [1.29, 1.82) is 0 Å².